The molecule has 1 unspecified atom stereocenters. The molecule has 0 aromatic heterocycles. The van der Waals surface area contributed by atoms with E-state index in [0.717, 1.165) is 5.56 Å². The molecule has 6 nitrogen and oxygen atoms in total. The van der Waals surface area contributed by atoms with Gasteiger partial charge in [-0.3, -0.25) is 4.79 Å². The first-order valence-corrected chi connectivity index (χ1v) is 9.86. The average molecular weight is 439 g/mol. The number of carbonyl (C=O) groups is 2. The van der Waals surface area contributed by atoms with Gasteiger partial charge in [0.25, 0.3) is 0 Å². The number of rotatable bonds is 12. The van der Waals surface area contributed by atoms with E-state index in [2.05, 4.69) is 4.74 Å². The third kappa shape index (κ3) is 8.10. The minimum absolute atomic E-state index is 0.0742. The second-order valence-corrected chi connectivity index (χ2v) is 6.61. The summed E-state index contributed by atoms with van der Waals surface area (Å²) in [7, 11) is 0. The largest absolute Gasteiger partial charge is 0.463 e. The number of benzene rings is 2. The predicted molar refractivity (Wildman–Crippen MR) is 110 cm³/mol. The molecule has 2 rings (SSSR count). The van der Waals surface area contributed by atoms with Crippen LogP contribution in [-0.2, 0) is 23.7 Å². The molecule has 0 N–H and O–H groups in total. The standard InChI is InChI=1S/C22H24ClFO6/c1-16(18-7-8-19(20(24)15-18)17-5-3-2-4-6-17)21(25)29-13-11-27-9-10-28-12-14-30-22(23)26/h2-8,15-16H,9-14H2,1H3. The van der Waals surface area contributed by atoms with Gasteiger partial charge in [-0.1, -0.05) is 42.5 Å². The van der Waals surface area contributed by atoms with Crippen LogP contribution in [0.5, 0.6) is 0 Å². The van der Waals surface area contributed by atoms with Crippen LogP contribution in [0.4, 0.5) is 9.18 Å². The molecule has 0 spiro atoms. The number of carbonyl (C=O) groups excluding carboxylic acids is 2. The minimum Gasteiger partial charge on any atom is -0.463 e. The van der Waals surface area contributed by atoms with Crippen LogP contribution in [0.2, 0.25) is 0 Å². The zero-order valence-corrected chi connectivity index (χ0v) is 17.4. The second-order valence-electron chi connectivity index (χ2n) is 6.31. The van der Waals surface area contributed by atoms with Gasteiger partial charge in [-0.05, 0) is 24.1 Å². The Morgan fingerprint density at radius 2 is 1.50 bits per heavy atom. The van der Waals surface area contributed by atoms with Crippen molar-refractivity contribution in [2.45, 2.75) is 12.8 Å². The third-order valence-corrected chi connectivity index (χ3v) is 4.33. The summed E-state index contributed by atoms with van der Waals surface area (Å²) >= 11 is 5.00. The maximum absolute atomic E-state index is 14.5. The summed E-state index contributed by atoms with van der Waals surface area (Å²) in [6.45, 7) is 2.85. The van der Waals surface area contributed by atoms with Crippen molar-refractivity contribution in [3.63, 3.8) is 0 Å². The first kappa shape index (κ1) is 23.8. The molecular weight excluding hydrogens is 415 g/mol. The second kappa shape index (κ2) is 13.0. The van der Waals surface area contributed by atoms with E-state index in [0.29, 0.717) is 24.3 Å². The van der Waals surface area contributed by atoms with Gasteiger partial charge >= 0.3 is 11.4 Å². The van der Waals surface area contributed by atoms with Gasteiger partial charge in [0, 0.05) is 17.2 Å². The quantitative estimate of drug-likeness (QED) is 0.275. The van der Waals surface area contributed by atoms with Crippen molar-refractivity contribution in [1.82, 2.24) is 0 Å². The Labute approximate surface area is 179 Å². The van der Waals surface area contributed by atoms with Crippen molar-refractivity contribution in [1.29, 1.82) is 0 Å². The zero-order chi connectivity index (χ0) is 21.8. The van der Waals surface area contributed by atoms with Gasteiger partial charge in [0.2, 0.25) is 0 Å². The molecule has 30 heavy (non-hydrogen) atoms. The molecular formula is C22H24ClFO6. The first-order chi connectivity index (χ1) is 14.5. The Hall–Kier alpha value is -2.48. The van der Waals surface area contributed by atoms with Crippen LogP contribution in [0, 0.1) is 5.82 Å². The van der Waals surface area contributed by atoms with Crippen LogP contribution in [0.25, 0.3) is 11.1 Å². The molecule has 0 bridgehead atoms. The fourth-order valence-corrected chi connectivity index (χ4v) is 2.69. The smallest absolute Gasteiger partial charge is 0.403 e. The lowest BCUT2D eigenvalue weighted by Crippen LogP contribution is -2.17. The normalized spacial score (nSPS) is 11.7. The Kier molecular flexibility index (Phi) is 10.3. The van der Waals surface area contributed by atoms with E-state index in [-0.39, 0.29) is 32.2 Å². The Balaban J connectivity index is 1.67. The molecule has 0 fully saturated rings. The summed E-state index contributed by atoms with van der Waals surface area (Å²) < 4.78 is 34.6. The van der Waals surface area contributed by atoms with Gasteiger partial charge in [0.15, 0.2) is 0 Å². The zero-order valence-electron chi connectivity index (χ0n) is 16.6. The van der Waals surface area contributed by atoms with E-state index in [4.69, 9.17) is 25.8 Å². The molecule has 2 aromatic carbocycles. The molecule has 8 heteroatoms. The number of hydrogen-bond donors (Lipinski definition) is 0. The first-order valence-electron chi connectivity index (χ1n) is 9.48. The van der Waals surface area contributed by atoms with Gasteiger partial charge in [0.05, 0.1) is 32.3 Å². The molecule has 0 aliphatic rings. The molecule has 2 aromatic rings. The molecule has 0 saturated carbocycles. The molecule has 1 atom stereocenters. The van der Waals surface area contributed by atoms with Crippen molar-refractivity contribution in [2.24, 2.45) is 0 Å². The van der Waals surface area contributed by atoms with E-state index in [1.807, 2.05) is 30.3 Å². The molecule has 0 saturated heterocycles. The summed E-state index contributed by atoms with van der Waals surface area (Å²) in [6.07, 6.45) is 0. The highest BCUT2D eigenvalue weighted by molar-refractivity contribution is 6.61. The maximum atomic E-state index is 14.5. The van der Waals surface area contributed by atoms with Crippen LogP contribution in [0.3, 0.4) is 0 Å². The van der Waals surface area contributed by atoms with Crippen LogP contribution < -0.4 is 0 Å². The summed E-state index contributed by atoms with van der Waals surface area (Å²) in [6, 6.07) is 14.0. The average Bonchev–Trinajstić information content (AvgIpc) is 2.74. The number of halogens is 2. The molecule has 0 aliphatic carbocycles. The van der Waals surface area contributed by atoms with Gasteiger partial charge in [-0.2, -0.15) is 0 Å². The molecule has 0 radical (unpaired) electrons. The van der Waals surface area contributed by atoms with E-state index in [1.165, 1.54) is 6.07 Å². The highest BCUT2D eigenvalue weighted by Crippen LogP contribution is 2.26. The van der Waals surface area contributed by atoms with Crippen LogP contribution in [-0.4, -0.2) is 51.0 Å². The van der Waals surface area contributed by atoms with Gasteiger partial charge in [-0.25, -0.2) is 9.18 Å². The van der Waals surface area contributed by atoms with Gasteiger partial charge < -0.3 is 18.9 Å². The van der Waals surface area contributed by atoms with Gasteiger partial charge in [-0.15, -0.1) is 0 Å². The Morgan fingerprint density at radius 3 is 2.10 bits per heavy atom. The van der Waals surface area contributed by atoms with E-state index in [9.17, 15) is 14.0 Å². The minimum atomic E-state index is -0.874. The monoisotopic (exact) mass is 438 g/mol. The highest BCUT2D eigenvalue weighted by atomic mass is 35.5. The number of esters is 1. The molecule has 0 amide bonds. The summed E-state index contributed by atoms with van der Waals surface area (Å²) in [4.78, 5) is 22.5. The third-order valence-electron chi connectivity index (χ3n) is 4.22. The summed E-state index contributed by atoms with van der Waals surface area (Å²) in [5, 5.41) is 0. The molecule has 0 heterocycles. The van der Waals surface area contributed by atoms with Crippen molar-refractivity contribution in [3.05, 3.63) is 59.9 Å². The Bertz CT molecular complexity index is 815. The summed E-state index contributed by atoms with van der Waals surface area (Å²) in [5.41, 5.74) is 0.930. The number of hydrogen-bond acceptors (Lipinski definition) is 6. The lowest BCUT2D eigenvalue weighted by Gasteiger charge is -2.13. The van der Waals surface area contributed by atoms with Crippen LogP contribution in [0.15, 0.2) is 48.5 Å². The van der Waals surface area contributed by atoms with Crippen molar-refractivity contribution >= 4 is 23.0 Å². The lowest BCUT2D eigenvalue weighted by atomic mass is 9.97. The highest BCUT2D eigenvalue weighted by Gasteiger charge is 2.18. The summed E-state index contributed by atoms with van der Waals surface area (Å²) in [5.74, 6) is -1.44. The van der Waals surface area contributed by atoms with Crippen molar-refractivity contribution in [2.75, 3.05) is 39.6 Å². The topological polar surface area (TPSA) is 71.1 Å². The number of ether oxygens (including phenoxy) is 4. The Morgan fingerprint density at radius 1 is 0.900 bits per heavy atom. The van der Waals surface area contributed by atoms with E-state index < -0.39 is 17.3 Å². The molecule has 0 aliphatic heterocycles. The molecule has 162 valence electrons. The lowest BCUT2D eigenvalue weighted by molar-refractivity contribution is -0.146. The van der Waals surface area contributed by atoms with E-state index in [1.54, 1.807) is 19.1 Å². The van der Waals surface area contributed by atoms with Crippen LogP contribution in [0.1, 0.15) is 18.4 Å². The predicted octanol–water partition coefficient (Wildman–Crippen LogP) is 4.55. The van der Waals surface area contributed by atoms with Crippen molar-refractivity contribution in [3.8, 4) is 11.1 Å². The van der Waals surface area contributed by atoms with E-state index >= 15 is 0 Å². The van der Waals surface area contributed by atoms with Crippen molar-refractivity contribution < 1.29 is 32.9 Å². The SMILES string of the molecule is CC(C(=O)OCCOCCOCCOC(=O)Cl)c1ccc(-c2ccccc2)c(F)c1. The fourth-order valence-electron chi connectivity index (χ4n) is 2.62. The fraction of sp³-hybridized carbons (Fsp3) is 0.364. The maximum Gasteiger partial charge on any atom is 0.403 e. The van der Waals surface area contributed by atoms with Crippen LogP contribution >= 0.6 is 11.6 Å². The van der Waals surface area contributed by atoms with Gasteiger partial charge in [0.1, 0.15) is 19.0 Å².